The van der Waals surface area contributed by atoms with Crippen molar-refractivity contribution in [1.82, 2.24) is 0 Å². The van der Waals surface area contributed by atoms with Crippen LogP contribution >= 0.6 is 24.0 Å². The predicted octanol–water partition coefficient (Wildman–Crippen LogP) is 1.36. The van der Waals surface area contributed by atoms with Gasteiger partial charge in [0, 0.05) is 0 Å². The highest BCUT2D eigenvalue weighted by Gasteiger charge is 1.90. The Kier molecular flexibility index (Phi) is 3.62. The first-order valence-corrected chi connectivity index (χ1v) is 4.03. The summed E-state index contributed by atoms with van der Waals surface area (Å²) in [5, 5.41) is 0. The minimum atomic E-state index is -2.33. The average molecular weight is 185 g/mol. The van der Waals surface area contributed by atoms with E-state index in [9.17, 15) is 4.57 Å². The van der Waals surface area contributed by atoms with E-state index >= 15 is 0 Å². The molecule has 0 bridgehead atoms. The maximum atomic E-state index is 9.90. The standard InChI is InChI=1S/C3H6BrO2P/c1-3(4)2-7(5)6/h7H,1-2H2,(H,5,6). The van der Waals surface area contributed by atoms with Crippen molar-refractivity contribution in [3.8, 4) is 0 Å². The molecular weight excluding hydrogens is 179 g/mol. The summed E-state index contributed by atoms with van der Waals surface area (Å²) < 4.78 is 10.5. The summed E-state index contributed by atoms with van der Waals surface area (Å²) >= 11 is 2.95. The molecule has 0 saturated carbocycles. The van der Waals surface area contributed by atoms with Crippen LogP contribution in [-0.4, -0.2) is 11.1 Å². The smallest absolute Gasteiger partial charge is 0.193 e. The monoisotopic (exact) mass is 184 g/mol. The lowest BCUT2D eigenvalue weighted by atomic mass is 10.8. The second-order valence-corrected chi connectivity index (χ2v) is 3.35. The largest absolute Gasteiger partial charge is 0.346 e. The molecule has 4 heteroatoms. The number of halogens is 1. The van der Waals surface area contributed by atoms with Crippen LogP contribution in [-0.2, 0) is 4.57 Å². The van der Waals surface area contributed by atoms with Crippen molar-refractivity contribution in [3.05, 3.63) is 11.1 Å². The van der Waals surface area contributed by atoms with E-state index in [4.69, 9.17) is 4.89 Å². The fourth-order valence-electron chi connectivity index (χ4n) is 0.164. The third-order valence-corrected chi connectivity index (χ3v) is 1.87. The SMILES string of the molecule is C=C(Br)C[PH](=O)O. The minimum Gasteiger partial charge on any atom is -0.346 e. The molecule has 0 aromatic carbocycles. The molecule has 42 valence electrons. The zero-order valence-electron chi connectivity index (χ0n) is 3.65. The van der Waals surface area contributed by atoms with E-state index in [-0.39, 0.29) is 6.16 Å². The third-order valence-electron chi connectivity index (χ3n) is 0.343. The molecule has 0 aliphatic heterocycles. The molecule has 1 unspecified atom stereocenters. The van der Waals surface area contributed by atoms with E-state index in [1.807, 2.05) is 0 Å². The average Bonchev–Trinajstić information content (AvgIpc) is 1.27. The van der Waals surface area contributed by atoms with Crippen molar-refractivity contribution in [1.29, 1.82) is 0 Å². The maximum Gasteiger partial charge on any atom is 0.193 e. The summed E-state index contributed by atoms with van der Waals surface area (Å²) in [6, 6.07) is 0. The van der Waals surface area contributed by atoms with Gasteiger partial charge in [-0.05, 0) is 4.48 Å². The van der Waals surface area contributed by atoms with Gasteiger partial charge in [0.05, 0.1) is 6.16 Å². The molecule has 0 rings (SSSR count). The summed E-state index contributed by atoms with van der Waals surface area (Å²) in [4.78, 5) is 8.18. The molecule has 2 nitrogen and oxygen atoms in total. The van der Waals surface area contributed by atoms with Gasteiger partial charge in [0.25, 0.3) is 0 Å². The van der Waals surface area contributed by atoms with Crippen LogP contribution in [0.3, 0.4) is 0 Å². The summed E-state index contributed by atoms with van der Waals surface area (Å²) in [6.07, 6.45) is 0.185. The number of allylic oxidation sites excluding steroid dienone is 1. The van der Waals surface area contributed by atoms with Gasteiger partial charge in [0.15, 0.2) is 8.03 Å². The van der Waals surface area contributed by atoms with Crippen LogP contribution in [0.4, 0.5) is 0 Å². The normalized spacial score (nSPS) is 13.4. The highest BCUT2D eigenvalue weighted by Crippen LogP contribution is 2.19. The van der Waals surface area contributed by atoms with E-state index in [1.54, 1.807) is 0 Å². The van der Waals surface area contributed by atoms with Gasteiger partial charge < -0.3 is 4.89 Å². The van der Waals surface area contributed by atoms with Crippen molar-refractivity contribution >= 4 is 24.0 Å². The molecule has 1 atom stereocenters. The van der Waals surface area contributed by atoms with Gasteiger partial charge in [-0.15, -0.1) is 0 Å². The maximum absolute atomic E-state index is 9.90. The molecule has 0 radical (unpaired) electrons. The molecule has 0 aromatic heterocycles. The first-order chi connectivity index (χ1) is 3.13. The zero-order chi connectivity index (χ0) is 5.86. The van der Waals surface area contributed by atoms with Gasteiger partial charge in [-0.3, -0.25) is 4.57 Å². The van der Waals surface area contributed by atoms with Gasteiger partial charge in [0.1, 0.15) is 0 Å². The van der Waals surface area contributed by atoms with Crippen LogP contribution in [0.2, 0.25) is 0 Å². The Bertz CT molecular complexity index is 89.1. The lowest BCUT2D eigenvalue weighted by Gasteiger charge is -1.86. The second kappa shape index (κ2) is 3.42. The van der Waals surface area contributed by atoms with Crippen LogP contribution in [0.25, 0.3) is 0 Å². The van der Waals surface area contributed by atoms with E-state index in [1.165, 1.54) is 0 Å². The van der Waals surface area contributed by atoms with Crippen molar-refractivity contribution in [2.75, 3.05) is 6.16 Å². The van der Waals surface area contributed by atoms with Crippen LogP contribution in [0.1, 0.15) is 0 Å². The van der Waals surface area contributed by atoms with Crippen molar-refractivity contribution in [2.24, 2.45) is 0 Å². The van der Waals surface area contributed by atoms with Crippen LogP contribution in [0, 0.1) is 0 Å². The molecule has 0 saturated heterocycles. The predicted molar refractivity (Wildman–Crippen MR) is 34.2 cm³/mol. The molecule has 0 aliphatic carbocycles. The Morgan fingerprint density at radius 3 is 2.43 bits per heavy atom. The van der Waals surface area contributed by atoms with Crippen LogP contribution < -0.4 is 0 Å². The summed E-state index contributed by atoms with van der Waals surface area (Å²) in [7, 11) is -2.33. The van der Waals surface area contributed by atoms with Crippen LogP contribution in [0.15, 0.2) is 11.1 Å². The summed E-state index contributed by atoms with van der Waals surface area (Å²) in [5.74, 6) is 0. The number of rotatable bonds is 2. The van der Waals surface area contributed by atoms with E-state index < -0.39 is 8.03 Å². The Morgan fingerprint density at radius 2 is 2.43 bits per heavy atom. The van der Waals surface area contributed by atoms with E-state index in [2.05, 4.69) is 22.5 Å². The fourth-order valence-corrected chi connectivity index (χ4v) is 1.21. The van der Waals surface area contributed by atoms with E-state index in [0.717, 1.165) is 0 Å². The highest BCUT2D eigenvalue weighted by molar-refractivity contribution is 9.11. The highest BCUT2D eigenvalue weighted by atomic mass is 79.9. The molecule has 1 N–H and O–H groups in total. The quantitative estimate of drug-likeness (QED) is 0.659. The third kappa shape index (κ3) is 6.41. The minimum absolute atomic E-state index is 0.185. The molecule has 0 aliphatic rings. The van der Waals surface area contributed by atoms with E-state index in [0.29, 0.717) is 4.48 Å². The summed E-state index contributed by atoms with van der Waals surface area (Å²) in [5.41, 5.74) is 0. The lowest BCUT2D eigenvalue weighted by molar-refractivity contribution is 0.506. The van der Waals surface area contributed by atoms with Gasteiger partial charge >= 0.3 is 0 Å². The Morgan fingerprint density at radius 1 is 2.00 bits per heavy atom. The van der Waals surface area contributed by atoms with Crippen molar-refractivity contribution in [3.63, 3.8) is 0 Å². The summed E-state index contributed by atoms with van der Waals surface area (Å²) in [6.45, 7) is 3.38. The first-order valence-electron chi connectivity index (χ1n) is 1.68. The van der Waals surface area contributed by atoms with Gasteiger partial charge in [0.2, 0.25) is 0 Å². The zero-order valence-corrected chi connectivity index (χ0v) is 6.23. The van der Waals surface area contributed by atoms with Gasteiger partial charge in [-0.25, -0.2) is 0 Å². The molecule has 0 spiro atoms. The molecule has 7 heavy (non-hydrogen) atoms. The molecule has 0 fully saturated rings. The van der Waals surface area contributed by atoms with Crippen molar-refractivity contribution in [2.45, 2.75) is 0 Å². The Labute approximate surface area is 51.2 Å². The molecule has 0 heterocycles. The Balaban J connectivity index is 3.32. The molecule has 0 aromatic rings. The Hall–Kier alpha value is 0.410. The first kappa shape index (κ1) is 7.41. The second-order valence-electron chi connectivity index (χ2n) is 1.09. The van der Waals surface area contributed by atoms with Crippen LogP contribution in [0.5, 0.6) is 0 Å². The number of hydrogen-bond acceptors (Lipinski definition) is 1. The molecule has 0 amide bonds. The fraction of sp³-hybridized carbons (Fsp3) is 0.333. The molecular formula is C3H6BrO2P. The topological polar surface area (TPSA) is 37.3 Å². The lowest BCUT2D eigenvalue weighted by Crippen LogP contribution is -1.70. The van der Waals surface area contributed by atoms with Crippen molar-refractivity contribution < 1.29 is 9.46 Å². The van der Waals surface area contributed by atoms with Gasteiger partial charge in [-0.2, -0.15) is 0 Å². The van der Waals surface area contributed by atoms with Gasteiger partial charge in [-0.1, -0.05) is 22.5 Å². The number of hydrogen-bond donors (Lipinski definition) is 1.